The summed E-state index contributed by atoms with van der Waals surface area (Å²) >= 11 is 1.32. The molecule has 4 rings (SSSR count). The average molecular weight is 518 g/mol. The maximum Gasteiger partial charge on any atom is 0.433 e. The van der Waals surface area contributed by atoms with Crippen molar-refractivity contribution in [3.05, 3.63) is 52.9 Å². The highest BCUT2D eigenvalue weighted by atomic mass is 32.1. The van der Waals surface area contributed by atoms with Gasteiger partial charge in [0.25, 0.3) is 5.91 Å². The third-order valence-corrected chi connectivity index (χ3v) is 5.85. The lowest BCUT2D eigenvalue weighted by Crippen LogP contribution is -2.18. The molecule has 0 spiro atoms. The van der Waals surface area contributed by atoms with Gasteiger partial charge in [-0.2, -0.15) is 36.5 Å². The van der Waals surface area contributed by atoms with Crippen LogP contribution < -0.4 is 5.32 Å². The number of nitrogens with one attached hydrogen (secondary N) is 1. The molecule has 0 aromatic carbocycles. The summed E-state index contributed by atoms with van der Waals surface area (Å²) in [7, 11) is 0. The van der Waals surface area contributed by atoms with Gasteiger partial charge in [0.05, 0.1) is 28.7 Å². The minimum Gasteiger partial charge on any atom is -0.350 e. The van der Waals surface area contributed by atoms with Crippen molar-refractivity contribution in [1.82, 2.24) is 24.4 Å². The van der Waals surface area contributed by atoms with Crippen LogP contribution in [0.25, 0.3) is 16.2 Å². The molecule has 0 saturated carbocycles. The van der Waals surface area contributed by atoms with Crippen molar-refractivity contribution in [2.75, 3.05) is 11.9 Å². The molecule has 0 aliphatic heterocycles. The van der Waals surface area contributed by atoms with Crippen molar-refractivity contribution in [3.63, 3.8) is 0 Å². The van der Waals surface area contributed by atoms with Gasteiger partial charge >= 0.3 is 12.4 Å². The molecule has 0 radical (unpaired) electrons. The van der Waals surface area contributed by atoms with E-state index in [2.05, 4.69) is 25.2 Å². The third-order valence-electron chi connectivity index (χ3n) is 4.59. The van der Waals surface area contributed by atoms with Crippen LogP contribution >= 0.6 is 11.3 Å². The van der Waals surface area contributed by atoms with E-state index in [0.29, 0.717) is 9.39 Å². The number of aryl methyl sites for hydroxylation is 1. The summed E-state index contributed by atoms with van der Waals surface area (Å²) in [5.41, 5.74) is -1.44. The number of nitrogens with zero attached hydrogens (tertiary/aromatic N) is 5. The summed E-state index contributed by atoms with van der Waals surface area (Å²) in [6, 6.07) is 5.47. The van der Waals surface area contributed by atoms with E-state index in [4.69, 9.17) is 0 Å². The number of ether oxygens (including phenoxy) is 1. The summed E-state index contributed by atoms with van der Waals surface area (Å²) < 4.78 is 83.7. The molecule has 1 N–H and O–H groups in total. The summed E-state index contributed by atoms with van der Waals surface area (Å²) in [6.45, 7) is -0.0695. The van der Waals surface area contributed by atoms with Gasteiger partial charge in [-0.15, -0.1) is 11.3 Å². The molecule has 35 heavy (non-hydrogen) atoms. The van der Waals surface area contributed by atoms with Crippen LogP contribution in [0.5, 0.6) is 0 Å². The Morgan fingerprint density at radius 3 is 2.60 bits per heavy atom. The van der Waals surface area contributed by atoms with Gasteiger partial charge in [0, 0.05) is 10.9 Å². The Labute approximate surface area is 197 Å². The predicted molar refractivity (Wildman–Crippen MR) is 113 cm³/mol. The number of halogens is 6. The van der Waals surface area contributed by atoms with E-state index >= 15 is 0 Å². The third kappa shape index (κ3) is 5.79. The molecule has 0 atom stereocenters. The van der Waals surface area contributed by atoms with E-state index < -0.39 is 37.3 Å². The highest BCUT2D eigenvalue weighted by molar-refractivity contribution is 7.15. The molecule has 4 aromatic heterocycles. The Bertz CT molecular complexity index is 1360. The van der Waals surface area contributed by atoms with Crippen LogP contribution in [0.1, 0.15) is 28.0 Å². The van der Waals surface area contributed by atoms with Gasteiger partial charge in [0.1, 0.15) is 13.3 Å². The Hall–Kier alpha value is -3.46. The van der Waals surface area contributed by atoms with Crippen LogP contribution in [0, 0.1) is 0 Å². The number of carbonyl (C=O) groups is 1. The smallest absolute Gasteiger partial charge is 0.350 e. The monoisotopic (exact) mass is 518 g/mol. The number of fused-ring (bicyclic) bond motifs is 1. The van der Waals surface area contributed by atoms with Gasteiger partial charge in [-0.25, -0.2) is 14.2 Å². The van der Waals surface area contributed by atoms with Crippen molar-refractivity contribution in [3.8, 4) is 10.6 Å². The number of amides is 1. The zero-order chi connectivity index (χ0) is 25.4. The maximum atomic E-state index is 13.7. The SMILES string of the molecule is CCc1ccc(-c2cc(C(F)(F)F)n3nc(C(=O)Nc4cnn(COCC(F)(F)F)c4)cc3n2)s1. The highest BCUT2D eigenvalue weighted by Gasteiger charge is 2.36. The molecule has 0 saturated heterocycles. The first-order chi connectivity index (χ1) is 16.4. The van der Waals surface area contributed by atoms with Crippen LogP contribution in [-0.2, 0) is 24.1 Å². The molecule has 8 nitrogen and oxygen atoms in total. The second-order valence-electron chi connectivity index (χ2n) is 7.26. The van der Waals surface area contributed by atoms with E-state index in [1.807, 2.05) is 13.0 Å². The number of thiophene rings is 1. The lowest BCUT2D eigenvalue weighted by molar-refractivity contribution is -0.182. The Balaban J connectivity index is 1.57. The van der Waals surface area contributed by atoms with Gasteiger partial charge in [0.2, 0.25) is 0 Å². The summed E-state index contributed by atoms with van der Waals surface area (Å²) in [6.07, 6.45) is -6.20. The second kappa shape index (κ2) is 9.30. The predicted octanol–water partition coefficient (Wildman–Crippen LogP) is 5.02. The number of hydrogen-bond donors (Lipinski definition) is 1. The molecular formula is C20H16F6N6O2S. The number of carbonyl (C=O) groups excluding carboxylic acids is 1. The van der Waals surface area contributed by atoms with E-state index in [1.165, 1.54) is 17.5 Å². The molecule has 0 aliphatic rings. The number of hydrogen-bond acceptors (Lipinski definition) is 6. The van der Waals surface area contributed by atoms with Gasteiger partial charge in [-0.05, 0) is 24.6 Å². The van der Waals surface area contributed by atoms with Gasteiger partial charge < -0.3 is 10.1 Å². The first-order valence-corrected chi connectivity index (χ1v) is 10.8. The van der Waals surface area contributed by atoms with E-state index in [9.17, 15) is 31.1 Å². The van der Waals surface area contributed by atoms with Crippen LogP contribution in [-0.4, -0.2) is 43.1 Å². The van der Waals surface area contributed by atoms with Gasteiger partial charge in [0.15, 0.2) is 17.0 Å². The minimum absolute atomic E-state index is 0.0815. The Morgan fingerprint density at radius 1 is 1.17 bits per heavy atom. The van der Waals surface area contributed by atoms with Gasteiger partial charge in [-0.3, -0.25) is 4.79 Å². The fraction of sp³-hybridized carbons (Fsp3) is 0.300. The second-order valence-corrected chi connectivity index (χ2v) is 8.43. The number of rotatable bonds is 7. The van der Waals surface area contributed by atoms with Crippen molar-refractivity contribution >= 4 is 28.6 Å². The number of aromatic nitrogens is 5. The molecule has 0 aliphatic carbocycles. The zero-order valence-electron chi connectivity index (χ0n) is 17.8. The first kappa shape index (κ1) is 24.7. The molecule has 4 aromatic rings. The first-order valence-electron chi connectivity index (χ1n) is 9.98. The van der Waals surface area contributed by atoms with Crippen LogP contribution in [0.3, 0.4) is 0 Å². The number of anilines is 1. The average Bonchev–Trinajstić information content (AvgIpc) is 3.50. The topological polar surface area (TPSA) is 86.3 Å². The van der Waals surface area contributed by atoms with Gasteiger partial charge in [-0.1, -0.05) is 6.92 Å². The highest BCUT2D eigenvalue weighted by Crippen LogP contribution is 2.34. The van der Waals surface area contributed by atoms with Crippen molar-refractivity contribution < 1.29 is 35.9 Å². The largest absolute Gasteiger partial charge is 0.433 e. The molecule has 0 bridgehead atoms. The Morgan fingerprint density at radius 2 is 1.94 bits per heavy atom. The zero-order valence-corrected chi connectivity index (χ0v) is 18.6. The number of alkyl halides is 6. The maximum absolute atomic E-state index is 13.7. The summed E-state index contributed by atoms with van der Waals surface area (Å²) in [5, 5.41) is 9.89. The van der Waals surface area contributed by atoms with Crippen LogP contribution in [0.15, 0.2) is 36.7 Å². The molecule has 15 heteroatoms. The molecule has 0 fully saturated rings. The minimum atomic E-state index is -4.77. The summed E-state index contributed by atoms with van der Waals surface area (Å²) in [4.78, 5) is 18.4. The molecule has 1 amide bonds. The lowest BCUT2D eigenvalue weighted by atomic mass is 10.2. The van der Waals surface area contributed by atoms with E-state index in [-0.39, 0.29) is 22.7 Å². The van der Waals surface area contributed by atoms with Crippen molar-refractivity contribution in [2.45, 2.75) is 32.4 Å². The van der Waals surface area contributed by atoms with Crippen molar-refractivity contribution in [1.29, 1.82) is 0 Å². The quantitative estimate of drug-likeness (QED) is 0.347. The fourth-order valence-electron chi connectivity index (χ4n) is 3.07. The van der Waals surface area contributed by atoms with E-state index in [1.54, 1.807) is 6.07 Å². The molecule has 0 unspecified atom stereocenters. The molecule has 4 heterocycles. The van der Waals surface area contributed by atoms with E-state index in [0.717, 1.165) is 34.3 Å². The summed E-state index contributed by atoms with van der Waals surface area (Å²) in [5.74, 6) is -0.856. The standard InChI is InChI=1S/C20H16F6N6O2S/c1-2-12-3-4-15(35-12)13-5-16(20(24,25)26)32-17(29-13)6-14(30-32)18(33)28-11-7-27-31(8-11)10-34-9-19(21,22)23/h3-8H,2,9-10H2,1H3,(H,28,33). The van der Waals surface area contributed by atoms with Crippen molar-refractivity contribution in [2.24, 2.45) is 0 Å². The fourth-order valence-corrected chi connectivity index (χ4v) is 3.98. The van der Waals surface area contributed by atoms with Crippen LogP contribution in [0.4, 0.5) is 32.0 Å². The molecule has 186 valence electrons. The van der Waals surface area contributed by atoms with Crippen LogP contribution in [0.2, 0.25) is 0 Å². The molecular weight excluding hydrogens is 502 g/mol. The Kier molecular flexibility index (Phi) is 6.55. The lowest BCUT2D eigenvalue weighted by Gasteiger charge is -2.10. The normalized spacial score (nSPS) is 12.4.